The SMILES string of the molecule is CN[C@@H](C)C(=O)Nc1ccc(-c2c(C)nc3ccccn23)c(C#Cc2ccc3nc(C)ccc3c2)n1. The summed E-state index contributed by atoms with van der Waals surface area (Å²) in [6, 6.07) is 19.3. The van der Waals surface area contributed by atoms with Crippen LogP contribution in [0.1, 0.15) is 29.6 Å². The molecule has 0 bridgehead atoms. The molecule has 1 atom stereocenters. The Kier molecular flexibility index (Phi) is 6.19. The summed E-state index contributed by atoms with van der Waals surface area (Å²) in [6.07, 6.45) is 1.98. The average molecular weight is 475 g/mol. The summed E-state index contributed by atoms with van der Waals surface area (Å²) in [7, 11) is 1.74. The number of likely N-dealkylation sites (N-methyl/N-ethyl adjacent to an activating group) is 1. The second-order valence-electron chi connectivity index (χ2n) is 8.68. The molecular formula is C29H26N6O. The van der Waals surface area contributed by atoms with Crippen molar-refractivity contribution in [1.29, 1.82) is 0 Å². The maximum absolute atomic E-state index is 12.5. The van der Waals surface area contributed by atoms with Crippen LogP contribution in [0, 0.1) is 25.7 Å². The summed E-state index contributed by atoms with van der Waals surface area (Å²) < 4.78 is 2.03. The zero-order chi connectivity index (χ0) is 25.2. The molecule has 0 fully saturated rings. The Balaban J connectivity index is 1.62. The Hall–Kier alpha value is -4.54. The molecule has 1 amide bonds. The zero-order valence-corrected chi connectivity index (χ0v) is 20.6. The largest absolute Gasteiger partial charge is 0.309 e. The summed E-state index contributed by atoms with van der Waals surface area (Å²) in [4.78, 5) is 26.5. The molecule has 0 radical (unpaired) electrons. The van der Waals surface area contributed by atoms with Gasteiger partial charge in [-0.15, -0.1) is 0 Å². The van der Waals surface area contributed by atoms with E-state index in [2.05, 4.69) is 27.5 Å². The molecule has 2 N–H and O–H groups in total. The molecule has 36 heavy (non-hydrogen) atoms. The van der Waals surface area contributed by atoms with Gasteiger partial charge in [0.1, 0.15) is 17.2 Å². The van der Waals surface area contributed by atoms with E-state index < -0.39 is 0 Å². The Bertz CT molecular complexity index is 1670. The molecule has 7 nitrogen and oxygen atoms in total. The first-order chi connectivity index (χ1) is 17.4. The molecule has 0 spiro atoms. The minimum Gasteiger partial charge on any atom is -0.309 e. The zero-order valence-electron chi connectivity index (χ0n) is 20.6. The second kappa shape index (κ2) is 9.61. The average Bonchev–Trinajstić information content (AvgIpc) is 3.22. The topological polar surface area (TPSA) is 84.2 Å². The van der Waals surface area contributed by atoms with Crippen LogP contribution in [0.3, 0.4) is 0 Å². The minimum atomic E-state index is -0.350. The molecule has 0 aliphatic carbocycles. The van der Waals surface area contributed by atoms with Gasteiger partial charge in [-0.2, -0.15) is 0 Å². The van der Waals surface area contributed by atoms with E-state index >= 15 is 0 Å². The summed E-state index contributed by atoms with van der Waals surface area (Å²) >= 11 is 0. The molecule has 5 aromatic rings. The minimum absolute atomic E-state index is 0.167. The number of nitrogens with zero attached hydrogens (tertiary/aromatic N) is 4. The fraction of sp³-hybridized carbons (Fsp3) is 0.172. The van der Waals surface area contributed by atoms with Crippen molar-refractivity contribution in [3.63, 3.8) is 0 Å². The third kappa shape index (κ3) is 4.54. The van der Waals surface area contributed by atoms with Gasteiger partial charge in [0, 0.05) is 28.4 Å². The van der Waals surface area contributed by atoms with E-state index in [1.54, 1.807) is 20.0 Å². The standard InChI is InChI=1S/C29H26N6O/c1-18-8-11-22-17-21(9-13-24(22)31-18)10-14-25-23(12-15-26(33-25)34-29(36)20(3)30-4)28-19(2)32-27-7-5-6-16-35(27)28/h5-9,11-13,15-17,20,30H,1-4H3,(H,33,34,36)/t20-/m0/s1. The smallest absolute Gasteiger partial charge is 0.242 e. The highest BCUT2D eigenvalue weighted by atomic mass is 16.2. The van der Waals surface area contributed by atoms with Gasteiger partial charge in [-0.05, 0) is 82.3 Å². The monoisotopic (exact) mass is 474 g/mol. The molecule has 5 rings (SSSR count). The number of carbonyl (C=O) groups is 1. The van der Waals surface area contributed by atoms with Gasteiger partial charge in [0.25, 0.3) is 0 Å². The van der Waals surface area contributed by atoms with Gasteiger partial charge in [-0.25, -0.2) is 9.97 Å². The number of nitrogens with one attached hydrogen (secondary N) is 2. The fourth-order valence-corrected chi connectivity index (χ4v) is 4.06. The number of hydrogen-bond donors (Lipinski definition) is 2. The Labute approximate surface area is 209 Å². The van der Waals surface area contributed by atoms with Gasteiger partial charge >= 0.3 is 0 Å². The van der Waals surface area contributed by atoms with Gasteiger partial charge in [0.15, 0.2) is 0 Å². The maximum Gasteiger partial charge on any atom is 0.242 e. The predicted octanol–water partition coefficient (Wildman–Crippen LogP) is 4.51. The van der Waals surface area contributed by atoms with Crippen LogP contribution in [0.4, 0.5) is 5.82 Å². The summed E-state index contributed by atoms with van der Waals surface area (Å²) in [6.45, 7) is 5.75. The number of benzene rings is 1. The lowest BCUT2D eigenvalue weighted by atomic mass is 10.1. The van der Waals surface area contributed by atoms with Gasteiger partial charge in [0.2, 0.25) is 5.91 Å². The molecule has 0 unspecified atom stereocenters. The van der Waals surface area contributed by atoms with E-state index in [0.29, 0.717) is 11.5 Å². The van der Waals surface area contributed by atoms with Gasteiger partial charge in [-0.1, -0.05) is 18.1 Å². The summed E-state index contributed by atoms with van der Waals surface area (Å²) in [5, 5.41) is 6.84. The van der Waals surface area contributed by atoms with E-state index in [1.165, 1.54) is 0 Å². The Morgan fingerprint density at radius 2 is 1.83 bits per heavy atom. The number of hydrogen-bond acceptors (Lipinski definition) is 5. The highest BCUT2D eigenvalue weighted by Crippen LogP contribution is 2.28. The molecular weight excluding hydrogens is 448 g/mol. The van der Waals surface area contributed by atoms with E-state index in [0.717, 1.165) is 44.8 Å². The van der Waals surface area contributed by atoms with Crippen LogP contribution >= 0.6 is 0 Å². The number of pyridine rings is 3. The molecule has 0 aliphatic heterocycles. The van der Waals surface area contributed by atoms with Crippen LogP contribution in [0.15, 0.2) is 66.9 Å². The number of anilines is 1. The quantitative estimate of drug-likeness (QED) is 0.375. The van der Waals surface area contributed by atoms with Crippen LogP contribution in [-0.4, -0.2) is 38.3 Å². The van der Waals surface area contributed by atoms with Crippen molar-refractivity contribution in [3.05, 3.63) is 89.5 Å². The first-order valence-electron chi connectivity index (χ1n) is 11.8. The number of rotatable bonds is 4. The van der Waals surface area contributed by atoms with Crippen molar-refractivity contribution >= 4 is 28.3 Å². The number of aromatic nitrogens is 4. The molecule has 178 valence electrons. The van der Waals surface area contributed by atoms with Crippen LogP contribution < -0.4 is 10.6 Å². The summed E-state index contributed by atoms with van der Waals surface area (Å²) in [5.41, 5.74) is 6.81. The number of fused-ring (bicyclic) bond motifs is 2. The fourth-order valence-electron chi connectivity index (χ4n) is 4.06. The lowest BCUT2D eigenvalue weighted by molar-refractivity contribution is -0.117. The van der Waals surface area contributed by atoms with E-state index in [1.807, 2.05) is 79.0 Å². The molecule has 1 aromatic carbocycles. The molecule has 4 aromatic heterocycles. The predicted molar refractivity (Wildman–Crippen MR) is 143 cm³/mol. The van der Waals surface area contributed by atoms with E-state index in [-0.39, 0.29) is 11.9 Å². The van der Waals surface area contributed by atoms with Gasteiger partial charge in [-0.3, -0.25) is 14.2 Å². The van der Waals surface area contributed by atoms with Crippen molar-refractivity contribution < 1.29 is 4.79 Å². The second-order valence-corrected chi connectivity index (χ2v) is 8.68. The summed E-state index contributed by atoms with van der Waals surface area (Å²) in [5.74, 6) is 6.79. The molecule has 7 heteroatoms. The lowest BCUT2D eigenvalue weighted by Crippen LogP contribution is -2.35. The van der Waals surface area contributed by atoms with Crippen molar-refractivity contribution in [2.45, 2.75) is 26.8 Å². The highest BCUT2D eigenvalue weighted by Gasteiger charge is 2.17. The molecule has 4 heterocycles. The third-order valence-corrected chi connectivity index (χ3v) is 6.09. The van der Waals surface area contributed by atoms with Crippen LogP contribution in [0.5, 0.6) is 0 Å². The number of imidazole rings is 1. The van der Waals surface area contributed by atoms with Crippen LogP contribution in [0.2, 0.25) is 0 Å². The van der Waals surface area contributed by atoms with E-state index in [9.17, 15) is 4.79 Å². The van der Waals surface area contributed by atoms with Gasteiger partial charge < -0.3 is 10.6 Å². The maximum atomic E-state index is 12.5. The molecule has 0 saturated heterocycles. The van der Waals surface area contributed by atoms with Crippen molar-refractivity contribution in [3.8, 4) is 23.1 Å². The van der Waals surface area contributed by atoms with E-state index in [4.69, 9.17) is 9.97 Å². The first-order valence-corrected chi connectivity index (χ1v) is 11.8. The number of amides is 1. The molecule has 0 saturated carbocycles. The number of carbonyl (C=O) groups excluding carboxylic acids is 1. The number of aryl methyl sites for hydroxylation is 2. The Morgan fingerprint density at radius 1 is 0.972 bits per heavy atom. The lowest BCUT2D eigenvalue weighted by Gasteiger charge is -2.12. The van der Waals surface area contributed by atoms with Crippen molar-refractivity contribution in [2.75, 3.05) is 12.4 Å². The normalized spacial score (nSPS) is 11.8. The highest BCUT2D eigenvalue weighted by molar-refractivity contribution is 5.94. The van der Waals surface area contributed by atoms with Crippen molar-refractivity contribution in [1.82, 2.24) is 24.7 Å². The molecule has 0 aliphatic rings. The van der Waals surface area contributed by atoms with Gasteiger partial charge in [0.05, 0.1) is 22.9 Å². The van der Waals surface area contributed by atoms with Crippen molar-refractivity contribution in [2.24, 2.45) is 0 Å². The van der Waals surface area contributed by atoms with Crippen LogP contribution in [0.25, 0.3) is 27.8 Å². The van der Waals surface area contributed by atoms with Crippen LogP contribution in [-0.2, 0) is 4.79 Å². The third-order valence-electron chi connectivity index (χ3n) is 6.09. The Morgan fingerprint density at radius 3 is 2.67 bits per heavy atom. The first kappa shape index (κ1) is 23.2.